The number of nitrogens with one attached hydrogen (secondary N) is 3. The Morgan fingerprint density at radius 2 is 1.96 bits per heavy atom. The number of para-hydroxylation sites is 1. The van der Waals surface area contributed by atoms with E-state index in [1.165, 1.54) is 0 Å². The summed E-state index contributed by atoms with van der Waals surface area (Å²) in [5.74, 6) is -0.684. The Morgan fingerprint density at radius 3 is 2.58 bits per heavy atom. The maximum Gasteiger partial charge on any atom is 0.321 e. The number of hydrogen-bond acceptors (Lipinski definition) is 4. The van der Waals surface area contributed by atoms with Crippen LogP contribution in [0.1, 0.15) is 19.8 Å². The zero-order valence-corrected chi connectivity index (χ0v) is 15.2. The van der Waals surface area contributed by atoms with Gasteiger partial charge in [0.15, 0.2) is 0 Å². The molecule has 1 aliphatic carbocycles. The minimum absolute atomic E-state index is 0.0279. The highest BCUT2D eigenvalue weighted by atomic mass is 79.9. The van der Waals surface area contributed by atoms with Gasteiger partial charge in [0.05, 0.1) is 18.3 Å². The van der Waals surface area contributed by atoms with Crippen molar-refractivity contribution in [1.29, 1.82) is 0 Å². The first-order valence-corrected chi connectivity index (χ1v) is 8.52. The summed E-state index contributed by atoms with van der Waals surface area (Å²) in [4.78, 5) is 37.3. The van der Waals surface area contributed by atoms with Crippen LogP contribution < -0.4 is 16.0 Å². The van der Waals surface area contributed by atoms with E-state index in [0.29, 0.717) is 5.69 Å². The average Bonchev–Trinajstić information content (AvgIpc) is 3.32. The summed E-state index contributed by atoms with van der Waals surface area (Å²) in [6.07, 6.45) is 1.90. The molecule has 1 aliphatic rings. The van der Waals surface area contributed by atoms with Crippen molar-refractivity contribution in [3.63, 3.8) is 0 Å². The van der Waals surface area contributed by atoms with E-state index in [9.17, 15) is 14.4 Å². The van der Waals surface area contributed by atoms with E-state index < -0.39 is 18.0 Å². The molecule has 3 N–H and O–H groups in total. The Kier molecular flexibility index (Phi) is 6.33. The molecule has 130 valence electrons. The molecule has 0 unspecified atom stereocenters. The quantitative estimate of drug-likeness (QED) is 0.682. The zero-order valence-electron chi connectivity index (χ0n) is 13.6. The third kappa shape index (κ3) is 5.61. The van der Waals surface area contributed by atoms with Crippen LogP contribution in [-0.2, 0) is 9.59 Å². The largest absolute Gasteiger partial charge is 0.335 e. The lowest BCUT2D eigenvalue weighted by Gasteiger charge is -2.23. The number of anilines is 1. The predicted molar refractivity (Wildman–Crippen MR) is 94.6 cm³/mol. The zero-order chi connectivity index (χ0) is 17.7. The topological polar surface area (TPSA) is 90.5 Å². The molecule has 0 aliphatic heterocycles. The van der Waals surface area contributed by atoms with E-state index in [2.05, 4.69) is 31.9 Å². The van der Waals surface area contributed by atoms with Crippen LogP contribution in [0.15, 0.2) is 28.7 Å². The van der Waals surface area contributed by atoms with Gasteiger partial charge >= 0.3 is 6.03 Å². The minimum Gasteiger partial charge on any atom is -0.335 e. The van der Waals surface area contributed by atoms with E-state index in [0.717, 1.165) is 17.3 Å². The van der Waals surface area contributed by atoms with Crippen molar-refractivity contribution in [2.45, 2.75) is 31.8 Å². The molecule has 1 atom stereocenters. The fourth-order valence-electron chi connectivity index (χ4n) is 1.98. The third-order valence-corrected chi connectivity index (χ3v) is 4.42. The van der Waals surface area contributed by atoms with Crippen LogP contribution in [0.4, 0.5) is 10.5 Å². The number of rotatable bonds is 6. The highest BCUT2D eigenvalue weighted by molar-refractivity contribution is 9.10. The van der Waals surface area contributed by atoms with E-state index >= 15 is 0 Å². The average molecular weight is 397 g/mol. The van der Waals surface area contributed by atoms with Crippen LogP contribution in [0, 0.1) is 0 Å². The summed E-state index contributed by atoms with van der Waals surface area (Å²) in [6, 6.07) is 6.36. The molecule has 1 aromatic carbocycles. The van der Waals surface area contributed by atoms with Gasteiger partial charge in [-0.05, 0) is 54.9 Å². The fourth-order valence-corrected chi connectivity index (χ4v) is 2.37. The molecule has 2 rings (SSSR count). The van der Waals surface area contributed by atoms with Gasteiger partial charge in [0.2, 0.25) is 11.8 Å². The van der Waals surface area contributed by atoms with Crippen molar-refractivity contribution in [2.75, 3.05) is 18.9 Å². The van der Waals surface area contributed by atoms with Gasteiger partial charge in [-0.1, -0.05) is 12.1 Å². The fraction of sp³-hybridized carbons (Fsp3) is 0.438. The first kappa shape index (κ1) is 18.4. The second-order valence-corrected chi connectivity index (χ2v) is 6.71. The number of carbonyl (C=O) groups is 3. The number of likely N-dealkylation sites (N-methyl/N-ethyl adjacent to an activating group) is 1. The molecular weight excluding hydrogens is 376 g/mol. The number of amides is 4. The number of carbonyl (C=O) groups excluding carboxylic acids is 3. The Morgan fingerprint density at radius 1 is 1.29 bits per heavy atom. The standard InChI is InChI=1S/C16H21BrN4O3/c1-10(15(23)20-16(24)18-11-7-8-11)21(2)9-14(22)19-13-6-4-3-5-12(13)17/h3-6,10-11H,7-9H2,1-2H3,(H,19,22)(H2,18,20,23,24)/t10-/m1/s1. The highest BCUT2D eigenvalue weighted by Gasteiger charge is 2.26. The SMILES string of the molecule is C[C@H](C(=O)NC(=O)NC1CC1)N(C)CC(=O)Nc1ccccc1Br. The molecule has 0 aromatic heterocycles. The van der Waals surface area contributed by atoms with Gasteiger partial charge < -0.3 is 10.6 Å². The summed E-state index contributed by atoms with van der Waals surface area (Å²) in [7, 11) is 1.66. The molecule has 1 fully saturated rings. The number of benzene rings is 1. The van der Waals surface area contributed by atoms with Crippen molar-refractivity contribution in [3.05, 3.63) is 28.7 Å². The smallest absolute Gasteiger partial charge is 0.321 e. The highest BCUT2D eigenvalue weighted by Crippen LogP contribution is 2.21. The van der Waals surface area contributed by atoms with E-state index in [-0.39, 0.29) is 18.5 Å². The summed E-state index contributed by atoms with van der Waals surface area (Å²) in [5, 5.41) is 7.75. The second-order valence-electron chi connectivity index (χ2n) is 5.86. The van der Waals surface area contributed by atoms with E-state index in [4.69, 9.17) is 0 Å². The van der Waals surface area contributed by atoms with Crippen molar-refractivity contribution in [1.82, 2.24) is 15.5 Å². The number of urea groups is 1. The van der Waals surface area contributed by atoms with Crippen LogP contribution in [0.25, 0.3) is 0 Å². The summed E-state index contributed by atoms with van der Waals surface area (Å²) >= 11 is 3.36. The van der Waals surface area contributed by atoms with Crippen LogP contribution >= 0.6 is 15.9 Å². The van der Waals surface area contributed by atoms with Crippen LogP contribution in [0.3, 0.4) is 0 Å². The van der Waals surface area contributed by atoms with E-state index in [1.54, 1.807) is 24.9 Å². The molecule has 8 heteroatoms. The molecule has 24 heavy (non-hydrogen) atoms. The molecule has 0 spiro atoms. The van der Waals surface area contributed by atoms with Gasteiger partial charge in [-0.3, -0.25) is 19.8 Å². The molecule has 0 heterocycles. The predicted octanol–water partition coefficient (Wildman–Crippen LogP) is 1.70. The monoisotopic (exact) mass is 396 g/mol. The molecule has 7 nitrogen and oxygen atoms in total. The second kappa shape index (κ2) is 8.25. The van der Waals surface area contributed by atoms with Gasteiger partial charge in [0.1, 0.15) is 0 Å². The molecule has 4 amide bonds. The lowest BCUT2D eigenvalue weighted by atomic mass is 10.2. The number of halogens is 1. The third-order valence-electron chi connectivity index (χ3n) is 3.73. The molecule has 0 saturated heterocycles. The van der Waals surface area contributed by atoms with Crippen molar-refractivity contribution < 1.29 is 14.4 Å². The van der Waals surface area contributed by atoms with Gasteiger partial charge in [-0.25, -0.2) is 4.79 Å². The van der Waals surface area contributed by atoms with Crippen LogP contribution in [0.5, 0.6) is 0 Å². The summed E-state index contributed by atoms with van der Waals surface area (Å²) in [6.45, 7) is 1.67. The maximum atomic E-state index is 12.1. The molecular formula is C16H21BrN4O3. The summed E-state index contributed by atoms with van der Waals surface area (Å²) < 4.78 is 0.781. The normalized spacial score (nSPS) is 14.8. The lowest BCUT2D eigenvalue weighted by molar-refractivity contribution is -0.125. The van der Waals surface area contributed by atoms with Crippen molar-refractivity contribution in [3.8, 4) is 0 Å². The Bertz CT molecular complexity index is 634. The first-order chi connectivity index (χ1) is 11.4. The molecule has 1 saturated carbocycles. The Hall–Kier alpha value is -1.93. The minimum atomic E-state index is -0.611. The first-order valence-electron chi connectivity index (χ1n) is 7.73. The number of imide groups is 1. The molecule has 0 bridgehead atoms. The van der Waals surface area contributed by atoms with Crippen molar-refractivity contribution >= 4 is 39.5 Å². The van der Waals surface area contributed by atoms with Crippen LogP contribution in [0.2, 0.25) is 0 Å². The number of nitrogens with zero attached hydrogens (tertiary/aromatic N) is 1. The Balaban J connectivity index is 1.80. The lowest BCUT2D eigenvalue weighted by Crippen LogP contribution is -2.50. The Labute approximate surface area is 149 Å². The number of hydrogen-bond donors (Lipinski definition) is 3. The van der Waals surface area contributed by atoms with Gasteiger partial charge in [0, 0.05) is 10.5 Å². The van der Waals surface area contributed by atoms with E-state index in [1.807, 2.05) is 18.2 Å². The van der Waals surface area contributed by atoms with Crippen molar-refractivity contribution in [2.24, 2.45) is 0 Å². The maximum absolute atomic E-state index is 12.1. The van der Waals surface area contributed by atoms with Crippen LogP contribution in [-0.4, -0.2) is 48.4 Å². The van der Waals surface area contributed by atoms with Gasteiger partial charge in [0.25, 0.3) is 0 Å². The summed E-state index contributed by atoms with van der Waals surface area (Å²) in [5.41, 5.74) is 0.664. The van der Waals surface area contributed by atoms with Gasteiger partial charge in [-0.15, -0.1) is 0 Å². The van der Waals surface area contributed by atoms with Gasteiger partial charge in [-0.2, -0.15) is 0 Å². The molecule has 1 aromatic rings. The molecule has 0 radical (unpaired) electrons.